The average molecular weight is 313 g/mol. The number of nitro groups is 1. The molecule has 0 saturated heterocycles. The van der Waals surface area contributed by atoms with E-state index >= 15 is 0 Å². The van der Waals surface area contributed by atoms with Gasteiger partial charge in [0.15, 0.2) is 0 Å². The van der Waals surface area contributed by atoms with Gasteiger partial charge >= 0.3 is 16.9 Å². The van der Waals surface area contributed by atoms with Gasteiger partial charge in [-0.3, -0.25) is 14.9 Å². The van der Waals surface area contributed by atoms with Crippen LogP contribution in [-0.2, 0) is 25.5 Å². The number of hydrogen-bond donors (Lipinski definition) is 0. The van der Waals surface area contributed by atoms with Crippen molar-refractivity contribution in [3.8, 4) is 0 Å². The van der Waals surface area contributed by atoms with Crippen molar-refractivity contribution in [2.75, 3.05) is 13.2 Å². The van der Waals surface area contributed by atoms with E-state index in [4.69, 9.17) is 9.47 Å². The Kier molecular flexibility index (Phi) is 6.54. The van der Waals surface area contributed by atoms with Crippen LogP contribution in [0.1, 0.15) is 24.3 Å². The van der Waals surface area contributed by atoms with Gasteiger partial charge in [-0.1, -0.05) is 11.3 Å². The largest absolute Gasteiger partial charge is 0.466 e. The average Bonchev–Trinajstić information content (AvgIpc) is 2.80. The molecule has 1 aromatic rings. The quantitative estimate of drug-likeness (QED) is 0.332. The predicted molar refractivity (Wildman–Crippen MR) is 77.0 cm³/mol. The van der Waals surface area contributed by atoms with Crippen molar-refractivity contribution in [1.82, 2.24) is 0 Å². The smallest absolute Gasteiger partial charge is 0.330 e. The van der Waals surface area contributed by atoms with Crippen LogP contribution in [0.4, 0.5) is 5.00 Å². The summed E-state index contributed by atoms with van der Waals surface area (Å²) < 4.78 is 9.49. The van der Waals surface area contributed by atoms with Gasteiger partial charge in [0.25, 0.3) is 0 Å². The Morgan fingerprint density at radius 3 is 2.57 bits per heavy atom. The fourth-order valence-corrected chi connectivity index (χ4v) is 2.41. The molecule has 0 unspecified atom stereocenters. The standard InChI is InChI=1S/C13H15NO6S/c1-3-19-11(15)6-5-10-7-9(8-12(16)20-4-2)13(21-10)14(17)18/h5-7H,3-4,8H2,1-2H3. The molecule has 0 bridgehead atoms. The van der Waals surface area contributed by atoms with Crippen molar-refractivity contribution in [1.29, 1.82) is 0 Å². The maximum Gasteiger partial charge on any atom is 0.330 e. The number of rotatable bonds is 7. The number of carbonyl (C=O) groups is 2. The molecular formula is C13H15NO6S. The predicted octanol–water partition coefficient (Wildman–Crippen LogP) is 2.34. The highest BCUT2D eigenvalue weighted by Crippen LogP contribution is 2.31. The van der Waals surface area contributed by atoms with Gasteiger partial charge in [0, 0.05) is 11.0 Å². The van der Waals surface area contributed by atoms with E-state index in [0.717, 1.165) is 11.3 Å². The molecule has 0 aliphatic rings. The van der Waals surface area contributed by atoms with Crippen molar-refractivity contribution < 1.29 is 24.0 Å². The van der Waals surface area contributed by atoms with Gasteiger partial charge in [0.1, 0.15) is 0 Å². The zero-order valence-corrected chi connectivity index (χ0v) is 12.5. The van der Waals surface area contributed by atoms with Crippen LogP contribution in [0, 0.1) is 10.1 Å². The Labute approximate surface area is 125 Å². The van der Waals surface area contributed by atoms with Crippen molar-refractivity contribution >= 4 is 34.4 Å². The molecule has 0 aromatic carbocycles. The summed E-state index contributed by atoms with van der Waals surface area (Å²) in [6.45, 7) is 3.81. The number of carbonyl (C=O) groups excluding carboxylic acids is 2. The summed E-state index contributed by atoms with van der Waals surface area (Å²) in [7, 11) is 0. The molecule has 8 heteroatoms. The zero-order chi connectivity index (χ0) is 15.8. The van der Waals surface area contributed by atoms with Gasteiger partial charge in [-0.15, -0.1) is 0 Å². The van der Waals surface area contributed by atoms with Gasteiger partial charge in [0.2, 0.25) is 0 Å². The molecule has 1 rings (SSSR count). The lowest BCUT2D eigenvalue weighted by atomic mass is 10.2. The molecule has 0 saturated carbocycles. The molecular weight excluding hydrogens is 298 g/mol. The second kappa shape index (κ2) is 8.15. The Bertz CT molecular complexity index is 563. The third-order valence-electron chi connectivity index (χ3n) is 2.28. The minimum atomic E-state index is -0.555. The first-order valence-electron chi connectivity index (χ1n) is 6.25. The van der Waals surface area contributed by atoms with Crippen molar-refractivity contribution in [3.63, 3.8) is 0 Å². The monoisotopic (exact) mass is 313 g/mol. The van der Waals surface area contributed by atoms with E-state index < -0.39 is 16.9 Å². The summed E-state index contributed by atoms with van der Waals surface area (Å²) in [6, 6.07) is 1.50. The van der Waals surface area contributed by atoms with Crippen molar-refractivity contribution in [2.24, 2.45) is 0 Å². The van der Waals surface area contributed by atoms with E-state index in [9.17, 15) is 19.7 Å². The summed E-state index contributed by atoms with van der Waals surface area (Å²) >= 11 is 0.886. The summed E-state index contributed by atoms with van der Waals surface area (Å²) in [5, 5.41) is 10.8. The molecule has 1 heterocycles. The van der Waals surface area contributed by atoms with Crippen LogP contribution in [0.25, 0.3) is 6.08 Å². The number of ether oxygens (including phenoxy) is 2. The SMILES string of the molecule is CCOC(=O)C=Cc1cc(CC(=O)OCC)c([N+](=O)[O-])s1. The van der Waals surface area contributed by atoms with E-state index in [0.29, 0.717) is 4.88 Å². The molecule has 0 fully saturated rings. The summed E-state index contributed by atoms with van der Waals surface area (Å²) in [6.07, 6.45) is 2.44. The maximum atomic E-state index is 11.4. The molecule has 7 nitrogen and oxygen atoms in total. The number of esters is 2. The third kappa shape index (κ3) is 5.35. The van der Waals surface area contributed by atoms with Gasteiger partial charge in [-0.05, 0) is 26.0 Å². The molecule has 0 atom stereocenters. The van der Waals surface area contributed by atoms with E-state index in [1.807, 2.05) is 0 Å². The lowest BCUT2D eigenvalue weighted by Gasteiger charge is -1.98. The second-order valence-corrected chi connectivity index (χ2v) is 4.87. The van der Waals surface area contributed by atoms with Crippen molar-refractivity contribution in [2.45, 2.75) is 20.3 Å². The van der Waals surface area contributed by atoms with E-state index in [1.165, 1.54) is 18.2 Å². The van der Waals surface area contributed by atoms with E-state index in [2.05, 4.69) is 0 Å². The molecule has 0 N–H and O–H groups in total. The zero-order valence-electron chi connectivity index (χ0n) is 11.7. The molecule has 0 spiro atoms. The van der Waals surface area contributed by atoms with Crippen LogP contribution >= 0.6 is 11.3 Å². The highest BCUT2D eigenvalue weighted by atomic mass is 32.1. The van der Waals surface area contributed by atoms with E-state index in [1.54, 1.807) is 13.8 Å². The van der Waals surface area contributed by atoms with Crippen LogP contribution in [0.3, 0.4) is 0 Å². The second-order valence-electron chi connectivity index (χ2n) is 3.80. The van der Waals surface area contributed by atoms with E-state index in [-0.39, 0.29) is 30.2 Å². The highest BCUT2D eigenvalue weighted by molar-refractivity contribution is 7.16. The topological polar surface area (TPSA) is 95.7 Å². The molecule has 1 aromatic heterocycles. The van der Waals surface area contributed by atoms with Gasteiger partial charge in [-0.25, -0.2) is 4.79 Å². The highest BCUT2D eigenvalue weighted by Gasteiger charge is 2.21. The minimum absolute atomic E-state index is 0.133. The fourth-order valence-electron chi connectivity index (χ4n) is 1.51. The first kappa shape index (κ1) is 16.8. The molecule has 0 radical (unpaired) electrons. The Morgan fingerprint density at radius 2 is 2.00 bits per heavy atom. The minimum Gasteiger partial charge on any atom is -0.466 e. The molecule has 0 aliphatic heterocycles. The van der Waals surface area contributed by atoms with Crippen LogP contribution in [-0.4, -0.2) is 30.1 Å². The van der Waals surface area contributed by atoms with Crippen LogP contribution in [0.5, 0.6) is 0 Å². The first-order valence-corrected chi connectivity index (χ1v) is 7.07. The van der Waals surface area contributed by atoms with Crippen molar-refractivity contribution in [3.05, 3.63) is 32.7 Å². The Balaban J connectivity index is 2.91. The first-order chi connectivity index (χ1) is 9.97. The molecule has 114 valence electrons. The van der Waals surface area contributed by atoms with Crippen LogP contribution in [0.15, 0.2) is 12.1 Å². The normalized spacial score (nSPS) is 10.6. The Morgan fingerprint density at radius 1 is 1.33 bits per heavy atom. The van der Waals surface area contributed by atoms with Crippen LogP contribution < -0.4 is 0 Å². The lowest BCUT2D eigenvalue weighted by Crippen LogP contribution is -2.07. The summed E-state index contributed by atoms with van der Waals surface area (Å²) in [5.41, 5.74) is 0.270. The number of nitrogens with zero attached hydrogens (tertiary/aromatic N) is 1. The molecule has 21 heavy (non-hydrogen) atoms. The third-order valence-corrected chi connectivity index (χ3v) is 3.38. The summed E-state index contributed by atoms with van der Waals surface area (Å²) in [5.74, 6) is -1.06. The van der Waals surface area contributed by atoms with Gasteiger partial charge < -0.3 is 9.47 Å². The summed E-state index contributed by atoms with van der Waals surface area (Å²) in [4.78, 5) is 33.5. The lowest BCUT2D eigenvalue weighted by molar-refractivity contribution is -0.380. The molecule has 0 amide bonds. The maximum absolute atomic E-state index is 11.4. The van der Waals surface area contributed by atoms with Gasteiger partial charge in [0.05, 0.1) is 30.1 Å². The van der Waals surface area contributed by atoms with Gasteiger partial charge in [-0.2, -0.15) is 0 Å². The fraction of sp³-hybridized carbons (Fsp3) is 0.385. The number of hydrogen-bond acceptors (Lipinski definition) is 7. The molecule has 0 aliphatic carbocycles. The van der Waals surface area contributed by atoms with Crippen LogP contribution in [0.2, 0.25) is 0 Å². The Hall–Kier alpha value is -2.22. The number of thiophene rings is 1.